The van der Waals surface area contributed by atoms with Crippen molar-refractivity contribution in [3.63, 3.8) is 0 Å². The predicted octanol–water partition coefficient (Wildman–Crippen LogP) is 3.47. The molecule has 2 N–H and O–H groups in total. The van der Waals surface area contributed by atoms with Gasteiger partial charge in [-0.1, -0.05) is 43.2 Å². The number of nitrogens with zero attached hydrogens (tertiary/aromatic N) is 3. The first kappa shape index (κ1) is 22.3. The Morgan fingerprint density at radius 1 is 1.23 bits per heavy atom. The van der Waals surface area contributed by atoms with Gasteiger partial charge in [0.1, 0.15) is 5.82 Å². The van der Waals surface area contributed by atoms with E-state index in [0.717, 1.165) is 12.8 Å². The SMILES string of the molecule is CCn1c(SCC(=O)NC2CCCCC2)nnc1[C@H](C)NC(=O)c1ccccc1F. The molecule has 1 aromatic heterocycles. The second-order valence-electron chi connectivity index (χ2n) is 7.45. The van der Waals surface area contributed by atoms with Gasteiger partial charge in [0, 0.05) is 12.6 Å². The van der Waals surface area contributed by atoms with Gasteiger partial charge < -0.3 is 15.2 Å². The highest BCUT2D eigenvalue weighted by Gasteiger charge is 2.22. The first-order chi connectivity index (χ1) is 14.5. The lowest BCUT2D eigenvalue weighted by molar-refractivity contribution is -0.119. The number of thioether (sulfide) groups is 1. The molecule has 1 aliphatic rings. The maximum atomic E-state index is 13.9. The van der Waals surface area contributed by atoms with Gasteiger partial charge in [-0.2, -0.15) is 0 Å². The summed E-state index contributed by atoms with van der Waals surface area (Å²) in [5.74, 6) is -0.242. The molecule has 0 bridgehead atoms. The molecule has 0 aliphatic heterocycles. The summed E-state index contributed by atoms with van der Waals surface area (Å²) in [5.41, 5.74) is -0.0131. The highest BCUT2D eigenvalue weighted by molar-refractivity contribution is 7.99. The number of nitrogens with one attached hydrogen (secondary N) is 2. The molecule has 0 unspecified atom stereocenters. The zero-order chi connectivity index (χ0) is 21.5. The molecule has 1 heterocycles. The summed E-state index contributed by atoms with van der Waals surface area (Å²) in [6.07, 6.45) is 5.68. The fourth-order valence-electron chi connectivity index (χ4n) is 3.66. The molecular formula is C21H28FN5O2S. The maximum absolute atomic E-state index is 13.9. The van der Waals surface area contributed by atoms with Crippen molar-refractivity contribution >= 4 is 23.6 Å². The van der Waals surface area contributed by atoms with E-state index in [-0.39, 0.29) is 23.3 Å². The van der Waals surface area contributed by atoms with E-state index in [0.29, 0.717) is 17.5 Å². The lowest BCUT2D eigenvalue weighted by Crippen LogP contribution is -2.37. The van der Waals surface area contributed by atoms with Gasteiger partial charge in [-0.25, -0.2) is 4.39 Å². The quantitative estimate of drug-likeness (QED) is 0.623. The summed E-state index contributed by atoms with van der Waals surface area (Å²) in [5, 5.41) is 14.9. The zero-order valence-electron chi connectivity index (χ0n) is 17.4. The Morgan fingerprint density at radius 2 is 1.97 bits per heavy atom. The molecule has 162 valence electrons. The van der Waals surface area contributed by atoms with Crippen molar-refractivity contribution in [1.29, 1.82) is 0 Å². The molecule has 30 heavy (non-hydrogen) atoms. The Hall–Kier alpha value is -2.42. The first-order valence-corrected chi connectivity index (χ1v) is 11.4. The molecule has 0 spiro atoms. The summed E-state index contributed by atoms with van der Waals surface area (Å²) in [7, 11) is 0. The number of carbonyl (C=O) groups excluding carboxylic acids is 2. The van der Waals surface area contributed by atoms with E-state index in [1.807, 2.05) is 11.5 Å². The standard InChI is InChI=1S/C21H28FN5O2S/c1-3-27-19(14(2)23-20(29)16-11-7-8-12-17(16)22)25-26-21(27)30-13-18(28)24-15-9-5-4-6-10-15/h7-8,11-12,14-15H,3-6,9-10,13H2,1-2H3,(H,23,29)(H,24,28)/t14-/m0/s1. The Labute approximate surface area is 180 Å². The second kappa shape index (κ2) is 10.6. The van der Waals surface area contributed by atoms with Crippen LogP contribution in [0.4, 0.5) is 4.39 Å². The van der Waals surface area contributed by atoms with Crippen molar-refractivity contribution in [3.05, 3.63) is 41.5 Å². The van der Waals surface area contributed by atoms with Gasteiger partial charge in [0.2, 0.25) is 5.91 Å². The number of amides is 2. The van der Waals surface area contributed by atoms with E-state index in [2.05, 4.69) is 20.8 Å². The van der Waals surface area contributed by atoms with Crippen molar-refractivity contribution < 1.29 is 14.0 Å². The van der Waals surface area contributed by atoms with Crippen LogP contribution in [0.2, 0.25) is 0 Å². The lowest BCUT2D eigenvalue weighted by atomic mass is 9.95. The average molecular weight is 434 g/mol. The second-order valence-corrected chi connectivity index (χ2v) is 8.39. The third-order valence-corrected chi connectivity index (χ3v) is 6.18. The molecule has 7 nitrogen and oxygen atoms in total. The minimum absolute atomic E-state index is 0.00000659. The molecule has 3 rings (SSSR count). The molecule has 0 saturated heterocycles. The summed E-state index contributed by atoms with van der Waals surface area (Å²) in [6.45, 7) is 4.32. The summed E-state index contributed by atoms with van der Waals surface area (Å²) in [4.78, 5) is 24.7. The average Bonchev–Trinajstić information content (AvgIpc) is 3.16. The summed E-state index contributed by atoms with van der Waals surface area (Å²) >= 11 is 1.33. The third kappa shape index (κ3) is 5.59. The minimum atomic E-state index is -0.570. The molecule has 9 heteroatoms. The Bertz CT molecular complexity index is 882. The smallest absolute Gasteiger partial charge is 0.254 e. The van der Waals surface area contributed by atoms with Crippen LogP contribution in [0.15, 0.2) is 29.4 Å². The predicted molar refractivity (Wildman–Crippen MR) is 114 cm³/mol. The van der Waals surface area contributed by atoms with E-state index in [1.54, 1.807) is 13.0 Å². The zero-order valence-corrected chi connectivity index (χ0v) is 18.2. The van der Waals surface area contributed by atoms with E-state index in [9.17, 15) is 14.0 Å². The first-order valence-electron chi connectivity index (χ1n) is 10.4. The van der Waals surface area contributed by atoms with Gasteiger partial charge in [0.05, 0.1) is 17.4 Å². The Morgan fingerprint density at radius 3 is 2.67 bits per heavy atom. The molecule has 1 aromatic carbocycles. The van der Waals surface area contributed by atoms with Gasteiger partial charge in [0.25, 0.3) is 5.91 Å². The molecule has 1 fully saturated rings. The highest BCUT2D eigenvalue weighted by Crippen LogP contribution is 2.22. The van der Waals surface area contributed by atoms with Gasteiger partial charge in [-0.05, 0) is 38.8 Å². The Kier molecular flexibility index (Phi) is 7.84. The fraction of sp³-hybridized carbons (Fsp3) is 0.524. The van der Waals surface area contributed by atoms with Crippen LogP contribution in [0.1, 0.15) is 68.2 Å². The topological polar surface area (TPSA) is 88.9 Å². The lowest BCUT2D eigenvalue weighted by Gasteiger charge is -2.22. The number of benzene rings is 1. The largest absolute Gasteiger partial charge is 0.353 e. The molecule has 0 radical (unpaired) electrons. The van der Waals surface area contributed by atoms with Crippen molar-refractivity contribution in [1.82, 2.24) is 25.4 Å². The van der Waals surface area contributed by atoms with Gasteiger partial charge in [-0.3, -0.25) is 9.59 Å². The van der Waals surface area contributed by atoms with Crippen LogP contribution >= 0.6 is 11.8 Å². The highest BCUT2D eigenvalue weighted by atomic mass is 32.2. The van der Waals surface area contributed by atoms with Crippen molar-refractivity contribution in [3.8, 4) is 0 Å². The van der Waals surface area contributed by atoms with E-state index in [1.165, 1.54) is 49.2 Å². The fourth-order valence-corrected chi connectivity index (χ4v) is 4.48. The number of aromatic nitrogens is 3. The number of carbonyl (C=O) groups is 2. The van der Waals surface area contributed by atoms with Gasteiger partial charge in [-0.15, -0.1) is 10.2 Å². The van der Waals surface area contributed by atoms with Crippen molar-refractivity contribution in [2.24, 2.45) is 0 Å². The third-order valence-electron chi connectivity index (χ3n) is 5.22. The van der Waals surface area contributed by atoms with Crippen LogP contribution in [0.25, 0.3) is 0 Å². The number of hydrogen-bond acceptors (Lipinski definition) is 5. The van der Waals surface area contributed by atoms with Crippen LogP contribution < -0.4 is 10.6 Å². The van der Waals surface area contributed by atoms with Gasteiger partial charge in [0.15, 0.2) is 11.0 Å². The number of halogens is 1. The number of rotatable bonds is 8. The molecule has 2 amide bonds. The monoisotopic (exact) mass is 433 g/mol. The van der Waals surface area contributed by atoms with E-state index >= 15 is 0 Å². The van der Waals surface area contributed by atoms with Crippen molar-refractivity contribution in [2.45, 2.75) is 69.7 Å². The molecule has 1 atom stereocenters. The van der Waals surface area contributed by atoms with Crippen LogP contribution in [-0.4, -0.2) is 38.4 Å². The summed E-state index contributed by atoms with van der Waals surface area (Å²) in [6, 6.07) is 5.66. The normalized spacial score (nSPS) is 15.6. The maximum Gasteiger partial charge on any atom is 0.254 e. The van der Waals surface area contributed by atoms with Crippen LogP contribution in [0, 0.1) is 5.82 Å². The molecule has 1 aliphatic carbocycles. The molecular weight excluding hydrogens is 405 g/mol. The van der Waals surface area contributed by atoms with E-state index < -0.39 is 17.8 Å². The van der Waals surface area contributed by atoms with E-state index in [4.69, 9.17) is 0 Å². The van der Waals surface area contributed by atoms with Crippen LogP contribution in [0.3, 0.4) is 0 Å². The van der Waals surface area contributed by atoms with Crippen LogP contribution in [-0.2, 0) is 11.3 Å². The Balaban J connectivity index is 1.59. The minimum Gasteiger partial charge on any atom is -0.353 e. The van der Waals surface area contributed by atoms with Gasteiger partial charge >= 0.3 is 0 Å². The van der Waals surface area contributed by atoms with Crippen LogP contribution in [0.5, 0.6) is 0 Å². The molecule has 2 aromatic rings. The number of hydrogen-bond donors (Lipinski definition) is 2. The summed E-state index contributed by atoms with van der Waals surface area (Å²) < 4.78 is 15.7. The van der Waals surface area contributed by atoms with Crippen molar-refractivity contribution in [2.75, 3.05) is 5.75 Å². The molecule has 1 saturated carbocycles.